The lowest BCUT2D eigenvalue weighted by Gasteiger charge is -2.27. The molecule has 0 fully saturated rings. The van der Waals surface area contributed by atoms with Crippen molar-refractivity contribution in [3.05, 3.63) is 35.9 Å². The van der Waals surface area contributed by atoms with E-state index in [9.17, 15) is 19.5 Å². The average molecular weight is 478 g/mol. The maximum absolute atomic E-state index is 13.1. The number of carbonyl (C=O) groups is 3. The zero-order valence-corrected chi connectivity index (χ0v) is 21.5. The Labute approximate surface area is 204 Å². The van der Waals surface area contributed by atoms with Gasteiger partial charge in [-0.3, -0.25) is 9.59 Å². The molecule has 3 amide bonds. The summed E-state index contributed by atoms with van der Waals surface area (Å²) in [4.78, 5) is 38.4. The van der Waals surface area contributed by atoms with E-state index in [1.54, 1.807) is 0 Å². The van der Waals surface area contributed by atoms with Crippen LogP contribution in [0.1, 0.15) is 66.4 Å². The molecule has 1 aromatic carbocycles. The second-order valence-electron chi connectivity index (χ2n) is 10.1. The molecule has 3 atom stereocenters. The molecule has 1 unspecified atom stereocenters. The van der Waals surface area contributed by atoms with Crippen LogP contribution in [0.25, 0.3) is 0 Å². The molecule has 0 aromatic heterocycles. The monoisotopic (exact) mass is 477 g/mol. The third kappa shape index (κ3) is 12.0. The second-order valence-corrected chi connectivity index (χ2v) is 10.1. The number of amides is 3. The molecule has 0 aliphatic rings. The first kappa shape index (κ1) is 29.4. The fourth-order valence-electron chi connectivity index (χ4n) is 3.64. The van der Waals surface area contributed by atoms with Crippen LogP contribution in [-0.2, 0) is 20.9 Å². The van der Waals surface area contributed by atoms with Crippen molar-refractivity contribution < 1.29 is 24.2 Å². The SMILES string of the molecule is CC(C)CC(NC(=O)[C@@H](CC(C)C)NC(=O)OCc1ccccc1)C(=O)N[C@H](CO)CC(C)C. The first-order chi connectivity index (χ1) is 16.0. The van der Waals surface area contributed by atoms with Gasteiger partial charge in [0.1, 0.15) is 18.7 Å². The summed E-state index contributed by atoms with van der Waals surface area (Å²) < 4.78 is 5.27. The van der Waals surface area contributed by atoms with Crippen molar-refractivity contribution in [1.82, 2.24) is 16.0 Å². The molecule has 8 nitrogen and oxygen atoms in total. The molecule has 0 radical (unpaired) electrons. The summed E-state index contributed by atoms with van der Waals surface area (Å²) in [6.07, 6.45) is 0.779. The Morgan fingerprint density at radius 3 is 1.76 bits per heavy atom. The highest BCUT2D eigenvalue weighted by Crippen LogP contribution is 2.11. The molecule has 34 heavy (non-hydrogen) atoms. The summed E-state index contributed by atoms with van der Waals surface area (Å²) in [7, 11) is 0. The minimum absolute atomic E-state index is 0.0967. The molecular weight excluding hydrogens is 434 g/mol. The molecule has 8 heteroatoms. The van der Waals surface area contributed by atoms with Gasteiger partial charge in [0.25, 0.3) is 0 Å². The largest absolute Gasteiger partial charge is 0.445 e. The summed E-state index contributed by atoms with van der Waals surface area (Å²) in [6.45, 7) is 11.8. The topological polar surface area (TPSA) is 117 Å². The number of ether oxygens (including phenoxy) is 1. The lowest BCUT2D eigenvalue weighted by atomic mass is 9.99. The van der Waals surface area contributed by atoms with Gasteiger partial charge in [-0.05, 0) is 42.6 Å². The van der Waals surface area contributed by atoms with E-state index in [2.05, 4.69) is 16.0 Å². The number of aliphatic hydroxyl groups is 1. The molecular formula is C26H43N3O5. The summed E-state index contributed by atoms with van der Waals surface area (Å²) >= 11 is 0. The minimum atomic E-state index is -0.838. The minimum Gasteiger partial charge on any atom is -0.445 e. The Hall–Kier alpha value is -2.61. The van der Waals surface area contributed by atoms with Crippen molar-refractivity contribution in [1.29, 1.82) is 0 Å². The molecule has 0 bridgehead atoms. The summed E-state index contributed by atoms with van der Waals surface area (Å²) in [5.41, 5.74) is 0.844. The summed E-state index contributed by atoms with van der Waals surface area (Å²) in [5.74, 6) is -0.183. The quantitative estimate of drug-likeness (QED) is 0.328. The Morgan fingerprint density at radius 2 is 1.26 bits per heavy atom. The Balaban J connectivity index is 2.83. The van der Waals surface area contributed by atoms with E-state index in [1.807, 2.05) is 71.9 Å². The van der Waals surface area contributed by atoms with E-state index in [0.29, 0.717) is 25.2 Å². The third-order valence-electron chi connectivity index (χ3n) is 5.19. The number of hydrogen-bond donors (Lipinski definition) is 4. The predicted molar refractivity (Wildman–Crippen MR) is 133 cm³/mol. The normalized spacial score (nSPS) is 13.9. The number of nitrogens with one attached hydrogen (secondary N) is 3. The lowest BCUT2D eigenvalue weighted by Crippen LogP contribution is -2.56. The van der Waals surface area contributed by atoms with E-state index in [-0.39, 0.29) is 37.0 Å². The van der Waals surface area contributed by atoms with E-state index in [1.165, 1.54) is 0 Å². The van der Waals surface area contributed by atoms with Gasteiger partial charge < -0.3 is 25.8 Å². The predicted octanol–water partition coefficient (Wildman–Crippen LogP) is 3.38. The van der Waals surface area contributed by atoms with Crippen LogP contribution < -0.4 is 16.0 Å². The highest BCUT2D eigenvalue weighted by atomic mass is 16.5. The van der Waals surface area contributed by atoms with Crippen LogP contribution in [0.2, 0.25) is 0 Å². The first-order valence-electron chi connectivity index (χ1n) is 12.2. The zero-order chi connectivity index (χ0) is 25.7. The van der Waals surface area contributed by atoms with Gasteiger partial charge in [-0.15, -0.1) is 0 Å². The molecule has 0 spiro atoms. The molecule has 0 saturated heterocycles. The summed E-state index contributed by atoms with van der Waals surface area (Å²) in [6, 6.07) is 7.29. The van der Waals surface area contributed by atoms with Crippen LogP contribution in [0.15, 0.2) is 30.3 Å². The fourth-order valence-corrected chi connectivity index (χ4v) is 3.64. The molecule has 0 aliphatic carbocycles. The Morgan fingerprint density at radius 1 is 0.765 bits per heavy atom. The number of aliphatic hydroxyl groups excluding tert-OH is 1. The molecule has 0 saturated carbocycles. The standard InChI is InChI=1S/C26H43N3O5/c1-17(2)12-21(15-30)27-24(31)22(13-18(3)4)28-25(32)23(14-19(5)6)29-26(33)34-16-20-10-8-7-9-11-20/h7-11,17-19,21-23,30H,12-16H2,1-6H3,(H,27,31)(H,28,32)(H,29,33)/t21-,22?,23+/m0/s1. The molecule has 192 valence electrons. The van der Waals surface area contributed by atoms with Crippen molar-refractivity contribution in [2.24, 2.45) is 17.8 Å². The van der Waals surface area contributed by atoms with Crippen molar-refractivity contribution in [3.63, 3.8) is 0 Å². The fraction of sp³-hybridized carbons (Fsp3) is 0.654. The van der Waals surface area contributed by atoms with E-state index in [0.717, 1.165) is 5.56 Å². The van der Waals surface area contributed by atoms with Crippen molar-refractivity contribution >= 4 is 17.9 Å². The average Bonchev–Trinajstić information content (AvgIpc) is 2.76. The maximum atomic E-state index is 13.1. The van der Waals surface area contributed by atoms with Gasteiger partial charge in [0.05, 0.1) is 12.6 Å². The number of alkyl carbamates (subject to hydrolysis) is 1. The molecule has 0 heterocycles. The number of carbonyl (C=O) groups excluding carboxylic acids is 3. The third-order valence-corrected chi connectivity index (χ3v) is 5.19. The van der Waals surface area contributed by atoms with Crippen LogP contribution in [0, 0.1) is 17.8 Å². The molecule has 1 aromatic rings. The van der Waals surface area contributed by atoms with Crippen LogP contribution >= 0.6 is 0 Å². The molecule has 4 N–H and O–H groups in total. The maximum Gasteiger partial charge on any atom is 0.408 e. The van der Waals surface area contributed by atoms with Gasteiger partial charge in [0, 0.05) is 0 Å². The van der Waals surface area contributed by atoms with Crippen LogP contribution in [0.5, 0.6) is 0 Å². The van der Waals surface area contributed by atoms with Crippen LogP contribution in [0.4, 0.5) is 4.79 Å². The van der Waals surface area contributed by atoms with Crippen LogP contribution in [-0.4, -0.2) is 47.7 Å². The smallest absolute Gasteiger partial charge is 0.408 e. The zero-order valence-electron chi connectivity index (χ0n) is 21.5. The van der Waals surface area contributed by atoms with Crippen molar-refractivity contribution in [2.45, 2.75) is 85.5 Å². The van der Waals surface area contributed by atoms with E-state index >= 15 is 0 Å². The van der Waals surface area contributed by atoms with Gasteiger partial charge in [-0.25, -0.2) is 4.79 Å². The first-order valence-corrected chi connectivity index (χ1v) is 12.2. The van der Waals surface area contributed by atoms with Gasteiger partial charge in [-0.1, -0.05) is 71.9 Å². The van der Waals surface area contributed by atoms with Crippen molar-refractivity contribution in [2.75, 3.05) is 6.61 Å². The van der Waals surface area contributed by atoms with Gasteiger partial charge in [0.15, 0.2) is 0 Å². The highest BCUT2D eigenvalue weighted by Gasteiger charge is 2.29. The van der Waals surface area contributed by atoms with Crippen LogP contribution in [0.3, 0.4) is 0 Å². The Bertz CT molecular complexity index is 752. The Kier molecular flexibility index (Phi) is 13.3. The number of benzene rings is 1. The molecule has 0 aliphatic heterocycles. The second kappa shape index (κ2) is 15.3. The molecule has 1 rings (SSSR count). The number of hydrogen-bond acceptors (Lipinski definition) is 5. The van der Waals surface area contributed by atoms with E-state index in [4.69, 9.17) is 4.74 Å². The highest BCUT2D eigenvalue weighted by molar-refractivity contribution is 5.91. The summed E-state index contributed by atoms with van der Waals surface area (Å²) in [5, 5.41) is 17.9. The van der Waals surface area contributed by atoms with Gasteiger partial charge in [0.2, 0.25) is 11.8 Å². The lowest BCUT2D eigenvalue weighted by molar-refractivity contribution is -0.131. The van der Waals surface area contributed by atoms with Crippen molar-refractivity contribution in [3.8, 4) is 0 Å². The van der Waals surface area contributed by atoms with Gasteiger partial charge in [-0.2, -0.15) is 0 Å². The van der Waals surface area contributed by atoms with E-state index < -0.39 is 24.1 Å². The number of rotatable bonds is 14. The van der Waals surface area contributed by atoms with Gasteiger partial charge >= 0.3 is 6.09 Å².